The number of esters is 1. The van der Waals surface area contributed by atoms with Crippen LogP contribution in [0.1, 0.15) is 59.9 Å². The number of fused-ring (bicyclic) bond motifs is 1. The molecule has 2 atom stereocenters. The maximum Gasteiger partial charge on any atom is 0.410 e. The molecule has 2 aromatic rings. The van der Waals surface area contributed by atoms with Crippen molar-refractivity contribution < 1.29 is 23.9 Å². The molecule has 2 heterocycles. The summed E-state index contributed by atoms with van der Waals surface area (Å²) in [6.07, 6.45) is 1.46. The first-order valence-electron chi connectivity index (χ1n) is 11.5. The van der Waals surface area contributed by atoms with Gasteiger partial charge in [-0.3, -0.25) is 4.79 Å². The Kier molecular flexibility index (Phi) is 7.94. The Balaban J connectivity index is 1.93. The monoisotopic (exact) mass is 475 g/mol. The molecule has 3 rings (SSSR count). The molecular formula is C24H33N3O5S. The molecule has 0 spiro atoms. The van der Waals surface area contributed by atoms with Crippen molar-refractivity contribution in [1.29, 1.82) is 0 Å². The summed E-state index contributed by atoms with van der Waals surface area (Å²) in [6, 6.07) is 7.11. The van der Waals surface area contributed by atoms with Gasteiger partial charge < -0.3 is 18.9 Å². The van der Waals surface area contributed by atoms with Crippen LogP contribution in [0.5, 0.6) is 0 Å². The lowest BCUT2D eigenvalue weighted by Gasteiger charge is -2.32. The fourth-order valence-corrected chi connectivity index (χ4v) is 4.99. The predicted octanol–water partition coefficient (Wildman–Crippen LogP) is 4.29. The molecule has 2 unspecified atom stereocenters. The quantitative estimate of drug-likeness (QED) is 0.602. The minimum absolute atomic E-state index is 0.275. The van der Waals surface area contributed by atoms with E-state index in [0.717, 1.165) is 10.2 Å². The van der Waals surface area contributed by atoms with Crippen LogP contribution in [0.15, 0.2) is 29.3 Å². The molecule has 0 N–H and O–H groups in total. The summed E-state index contributed by atoms with van der Waals surface area (Å²) < 4.78 is 13.5. The number of aromatic nitrogens is 1. The van der Waals surface area contributed by atoms with Crippen molar-refractivity contribution in [3.63, 3.8) is 0 Å². The Morgan fingerprint density at radius 2 is 1.94 bits per heavy atom. The first-order valence-corrected chi connectivity index (χ1v) is 12.3. The van der Waals surface area contributed by atoms with E-state index in [1.165, 1.54) is 11.3 Å². The lowest BCUT2D eigenvalue weighted by atomic mass is 9.98. The molecule has 1 saturated heterocycles. The Bertz CT molecular complexity index is 1080. The fraction of sp³-hybridized carbons (Fsp3) is 0.583. The highest BCUT2D eigenvalue weighted by molar-refractivity contribution is 7.16. The number of carbonyl (C=O) groups is 3. The number of hydrogen-bond donors (Lipinski definition) is 0. The number of benzene rings is 1. The van der Waals surface area contributed by atoms with Crippen molar-refractivity contribution in [1.82, 2.24) is 9.47 Å². The fourth-order valence-electron chi connectivity index (χ4n) is 3.92. The van der Waals surface area contributed by atoms with Gasteiger partial charge in [0.1, 0.15) is 11.6 Å². The molecule has 180 valence electrons. The van der Waals surface area contributed by atoms with Crippen LogP contribution >= 0.6 is 11.3 Å². The summed E-state index contributed by atoms with van der Waals surface area (Å²) >= 11 is 1.37. The summed E-state index contributed by atoms with van der Waals surface area (Å²) in [5.74, 6) is -1.04. The molecule has 33 heavy (non-hydrogen) atoms. The van der Waals surface area contributed by atoms with Crippen molar-refractivity contribution in [2.24, 2.45) is 10.9 Å². The summed E-state index contributed by atoms with van der Waals surface area (Å²) in [5, 5.41) is 0. The summed E-state index contributed by atoms with van der Waals surface area (Å²) in [6.45, 7) is 10.3. The van der Waals surface area contributed by atoms with Gasteiger partial charge in [0, 0.05) is 13.1 Å². The van der Waals surface area contributed by atoms with Gasteiger partial charge in [0.15, 0.2) is 4.80 Å². The molecule has 2 amide bonds. The number of amides is 2. The number of hydrogen-bond acceptors (Lipinski definition) is 6. The van der Waals surface area contributed by atoms with Crippen LogP contribution in [0.3, 0.4) is 0 Å². The number of ether oxygens (including phenoxy) is 2. The number of para-hydroxylation sites is 1. The second kappa shape index (κ2) is 10.5. The van der Waals surface area contributed by atoms with Gasteiger partial charge in [0.25, 0.3) is 5.91 Å². The molecular weight excluding hydrogens is 442 g/mol. The minimum atomic E-state index is -0.594. The van der Waals surface area contributed by atoms with Gasteiger partial charge in [0.2, 0.25) is 0 Å². The third-order valence-corrected chi connectivity index (χ3v) is 6.45. The van der Waals surface area contributed by atoms with Gasteiger partial charge in [0.05, 0.1) is 22.7 Å². The highest BCUT2D eigenvalue weighted by Gasteiger charge is 2.31. The molecule has 1 aliphatic rings. The molecule has 8 nitrogen and oxygen atoms in total. The molecule has 9 heteroatoms. The summed E-state index contributed by atoms with van der Waals surface area (Å²) in [5.41, 5.74) is 0.247. The first kappa shape index (κ1) is 25.0. The molecule has 0 bridgehead atoms. The van der Waals surface area contributed by atoms with Crippen molar-refractivity contribution in [3.05, 3.63) is 29.1 Å². The highest BCUT2D eigenvalue weighted by atomic mass is 32.1. The van der Waals surface area contributed by atoms with Gasteiger partial charge in [-0.25, -0.2) is 9.59 Å². The van der Waals surface area contributed by atoms with Crippen molar-refractivity contribution in [3.8, 4) is 0 Å². The van der Waals surface area contributed by atoms with Crippen molar-refractivity contribution in [2.45, 2.75) is 65.5 Å². The molecule has 0 radical (unpaired) electrons. The number of likely N-dealkylation sites (tertiary alicyclic amines) is 1. The second-order valence-electron chi connectivity index (χ2n) is 9.11. The van der Waals surface area contributed by atoms with E-state index in [1.807, 2.05) is 56.5 Å². The third kappa shape index (κ3) is 6.01. The van der Waals surface area contributed by atoms with Crippen LogP contribution in [-0.2, 0) is 19.1 Å². The van der Waals surface area contributed by atoms with Crippen LogP contribution in [0.2, 0.25) is 0 Å². The lowest BCUT2D eigenvalue weighted by Crippen LogP contribution is -2.44. The number of nitrogens with zero attached hydrogens (tertiary/aromatic N) is 3. The average molecular weight is 476 g/mol. The predicted molar refractivity (Wildman–Crippen MR) is 127 cm³/mol. The maximum absolute atomic E-state index is 13.2. The van der Waals surface area contributed by atoms with E-state index in [-0.39, 0.29) is 25.0 Å². The van der Waals surface area contributed by atoms with Crippen LogP contribution in [0.4, 0.5) is 4.79 Å². The highest BCUT2D eigenvalue weighted by Crippen LogP contribution is 2.24. The normalized spacial score (nSPS) is 18.3. The second-order valence-corrected chi connectivity index (χ2v) is 10.1. The zero-order valence-electron chi connectivity index (χ0n) is 20.0. The van der Waals surface area contributed by atoms with E-state index in [2.05, 4.69) is 4.99 Å². The lowest BCUT2D eigenvalue weighted by molar-refractivity contribution is -0.147. The van der Waals surface area contributed by atoms with E-state index in [4.69, 9.17) is 9.47 Å². The van der Waals surface area contributed by atoms with E-state index < -0.39 is 23.7 Å². The van der Waals surface area contributed by atoms with E-state index in [0.29, 0.717) is 30.6 Å². The number of carbonyl (C=O) groups excluding carboxylic acids is 3. The smallest absolute Gasteiger partial charge is 0.410 e. The van der Waals surface area contributed by atoms with Crippen LogP contribution in [-0.4, -0.2) is 52.7 Å². The Hall–Kier alpha value is -2.68. The molecule has 1 aromatic heterocycles. The van der Waals surface area contributed by atoms with Crippen LogP contribution in [0, 0.1) is 5.92 Å². The van der Waals surface area contributed by atoms with Crippen molar-refractivity contribution >= 4 is 39.5 Å². The standard InChI is InChI=1S/C24H33N3O5S/c1-6-17(21(29)31-7-2)27-18-12-8-9-13-19(18)33-22(27)25-20(28)16-11-10-14-26(15-16)23(30)32-24(3,4)5/h8-9,12-13,16-17H,6-7,10-11,14-15H2,1-5H3/b25-22+. The number of rotatable bonds is 5. The molecule has 1 aliphatic heterocycles. The zero-order chi connectivity index (χ0) is 24.2. The van der Waals surface area contributed by atoms with Crippen LogP contribution < -0.4 is 4.80 Å². The SMILES string of the molecule is CCOC(=O)C(CC)n1/c(=N\C(=O)C2CCCN(C(=O)OC(C)(C)C)C2)sc2ccccc21. The van der Waals surface area contributed by atoms with Gasteiger partial charge in [-0.1, -0.05) is 30.4 Å². The maximum atomic E-state index is 13.2. The number of thiazole rings is 1. The number of piperidine rings is 1. The third-order valence-electron chi connectivity index (χ3n) is 5.42. The van der Waals surface area contributed by atoms with Gasteiger partial charge in [-0.2, -0.15) is 4.99 Å². The molecule has 0 saturated carbocycles. The zero-order valence-corrected chi connectivity index (χ0v) is 20.8. The van der Waals surface area contributed by atoms with E-state index >= 15 is 0 Å². The Labute approximate surface area is 198 Å². The van der Waals surface area contributed by atoms with Gasteiger partial charge in [-0.15, -0.1) is 0 Å². The van der Waals surface area contributed by atoms with Gasteiger partial charge in [-0.05, 0) is 59.1 Å². The summed E-state index contributed by atoms with van der Waals surface area (Å²) in [7, 11) is 0. The van der Waals surface area contributed by atoms with E-state index in [1.54, 1.807) is 11.8 Å². The van der Waals surface area contributed by atoms with Crippen LogP contribution in [0.25, 0.3) is 10.2 Å². The molecule has 0 aliphatic carbocycles. The van der Waals surface area contributed by atoms with Crippen molar-refractivity contribution in [2.75, 3.05) is 19.7 Å². The Morgan fingerprint density at radius 3 is 2.61 bits per heavy atom. The first-order chi connectivity index (χ1) is 15.6. The molecule has 1 aromatic carbocycles. The Morgan fingerprint density at radius 1 is 1.21 bits per heavy atom. The molecule has 1 fully saturated rings. The van der Waals surface area contributed by atoms with Gasteiger partial charge >= 0.3 is 12.1 Å². The largest absolute Gasteiger partial charge is 0.464 e. The minimum Gasteiger partial charge on any atom is -0.464 e. The summed E-state index contributed by atoms with van der Waals surface area (Å²) in [4.78, 5) is 44.8. The average Bonchev–Trinajstić information content (AvgIpc) is 3.11. The van der Waals surface area contributed by atoms with E-state index in [9.17, 15) is 14.4 Å². The topological polar surface area (TPSA) is 90.2 Å².